The number of hydrazine groups is 1. The number of anilines is 1. The summed E-state index contributed by atoms with van der Waals surface area (Å²) in [7, 11) is 1.35. The molecule has 0 bridgehead atoms. The number of H-pyrrole nitrogens is 1. The number of rotatable bonds is 4. The van der Waals surface area contributed by atoms with Crippen LogP contribution in [0.15, 0.2) is 84.9 Å². The van der Waals surface area contributed by atoms with Crippen LogP contribution in [-0.4, -0.2) is 18.2 Å². The van der Waals surface area contributed by atoms with E-state index in [-0.39, 0.29) is 5.41 Å². The molecule has 0 radical (unpaired) electrons. The number of aromatic nitrogens is 1. The number of fused-ring (bicyclic) bond motifs is 2. The fourth-order valence-electron chi connectivity index (χ4n) is 4.65. The molecule has 1 amide bonds. The summed E-state index contributed by atoms with van der Waals surface area (Å²) in [4.78, 5) is 15.6. The molecule has 3 N–H and O–H groups in total. The molecule has 5 nitrogen and oxygen atoms in total. The molecule has 5 rings (SSSR count). The lowest BCUT2D eigenvalue weighted by atomic mass is 9.84. The van der Waals surface area contributed by atoms with E-state index in [9.17, 15) is 4.79 Å². The van der Waals surface area contributed by atoms with Crippen molar-refractivity contribution in [3.05, 3.63) is 90.6 Å². The Morgan fingerprint density at radius 1 is 0.800 bits per heavy atom. The number of ether oxygens (including phenoxy) is 1. The number of aromatic amines is 1. The Morgan fingerprint density at radius 3 is 2.29 bits per heavy atom. The molecule has 1 heterocycles. The molecule has 0 spiro atoms. The van der Waals surface area contributed by atoms with Gasteiger partial charge in [-0.15, -0.1) is 0 Å². The molecule has 0 aliphatic carbocycles. The van der Waals surface area contributed by atoms with Gasteiger partial charge in [-0.1, -0.05) is 87.5 Å². The van der Waals surface area contributed by atoms with Crippen LogP contribution in [0.25, 0.3) is 43.9 Å². The number of carbonyl (C=O) groups excluding carboxylic acids is 1. The van der Waals surface area contributed by atoms with Crippen molar-refractivity contribution < 1.29 is 9.53 Å². The zero-order valence-electron chi connectivity index (χ0n) is 20.4. The van der Waals surface area contributed by atoms with Gasteiger partial charge in [0.2, 0.25) is 0 Å². The minimum Gasteiger partial charge on any atom is -0.452 e. The van der Waals surface area contributed by atoms with Crippen LogP contribution < -0.4 is 10.9 Å². The fraction of sp³-hybridized carbons (Fsp3) is 0.167. The maximum Gasteiger partial charge on any atom is 0.425 e. The van der Waals surface area contributed by atoms with Gasteiger partial charge in [-0.05, 0) is 40.1 Å². The number of hydrogen-bond donors (Lipinski definition) is 3. The molecule has 35 heavy (non-hydrogen) atoms. The van der Waals surface area contributed by atoms with E-state index in [1.54, 1.807) is 0 Å². The third-order valence-electron chi connectivity index (χ3n) is 6.32. The van der Waals surface area contributed by atoms with E-state index in [4.69, 9.17) is 4.74 Å². The number of amides is 1. The third-order valence-corrected chi connectivity index (χ3v) is 6.32. The van der Waals surface area contributed by atoms with Crippen LogP contribution in [0.4, 0.5) is 10.5 Å². The van der Waals surface area contributed by atoms with Crippen molar-refractivity contribution >= 4 is 33.5 Å². The molecule has 0 unspecified atom stereocenters. The van der Waals surface area contributed by atoms with E-state index in [0.29, 0.717) is 0 Å². The molecular weight excluding hydrogens is 434 g/mol. The van der Waals surface area contributed by atoms with Gasteiger partial charge in [0.05, 0.1) is 12.8 Å². The summed E-state index contributed by atoms with van der Waals surface area (Å²) in [6.07, 6.45) is -0.551. The van der Waals surface area contributed by atoms with Crippen LogP contribution in [0.5, 0.6) is 0 Å². The zero-order valence-corrected chi connectivity index (χ0v) is 20.4. The maximum absolute atomic E-state index is 11.9. The molecule has 5 aromatic rings. The summed E-state index contributed by atoms with van der Waals surface area (Å²) < 4.78 is 4.78. The van der Waals surface area contributed by atoms with Gasteiger partial charge in [0.15, 0.2) is 0 Å². The number of benzene rings is 4. The molecule has 4 aromatic carbocycles. The summed E-state index contributed by atoms with van der Waals surface area (Å²) in [6, 6.07) is 29.4. The second kappa shape index (κ2) is 8.84. The molecule has 0 atom stereocenters. The summed E-state index contributed by atoms with van der Waals surface area (Å²) in [5, 5.41) is 3.35. The van der Waals surface area contributed by atoms with Crippen molar-refractivity contribution in [2.45, 2.75) is 26.2 Å². The highest BCUT2D eigenvalue weighted by molar-refractivity contribution is 6.11. The Kier molecular flexibility index (Phi) is 5.69. The first kappa shape index (κ1) is 22.5. The van der Waals surface area contributed by atoms with Gasteiger partial charge in [0, 0.05) is 33.1 Å². The molecule has 176 valence electrons. The van der Waals surface area contributed by atoms with Crippen LogP contribution in [-0.2, 0) is 10.2 Å². The second-order valence-electron chi connectivity index (χ2n) is 9.70. The Labute approximate surface area is 205 Å². The average molecular weight is 464 g/mol. The third kappa shape index (κ3) is 4.21. The van der Waals surface area contributed by atoms with E-state index in [1.165, 1.54) is 12.7 Å². The number of hydrogen-bond acceptors (Lipinski definition) is 3. The van der Waals surface area contributed by atoms with Gasteiger partial charge in [-0.2, -0.15) is 0 Å². The van der Waals surface area contributed by atoms with E-state index in [2.05, 4.69) is 103 Å². The van der Waals surface area contributed by atoms with E-state index in [1.807, 2.05) is 18.2 Å². The van der Waals surface area contributed by atoms with Crippen molar-refractivity contribution in [2.75, 3.05) is 12.5 Å². The van der Waals surface area contributed by atoms with Crippen LogP contribution in [0, 0.1) is 0 Å². The zero-order chi connectivity index (χ0) is 24.6. The van der Waals surface area contributed by atoms with E-state index < -0.39 is 6.09 Å². The van der Waals surface area contributed by atoms with Gasteiger partial charge in [0.25, 0.3) is 0 Å². The van der Waals surface area contributed by atoms with Crippen molar-refractivity contribution in [1.82, 2.24) is 10.4 Å². The second-order valence-corrected chi connectivity index (χ2v) is 9.70. The number of carbonyl (C=O) groups is 1. The summed E-state index contributed by atoms with van der Waals surface area (Å²) in [5.74, 6) is 0. The lowest BCUT2D eigenvalue weighted by Gasteiger charge is -2.22. The first-order valence-electron chi connectivity index (χ1n) is 11.7. The quantitative estimate of drug-likeness (QED) is 0.240. The van der Waals surface area contributed by atoms with Crippen molar-refractivity contribution in [3.63, 3.8) is 0 Å². The van der Waals surface area contributed by atoms with Crippen LogP contribution in [0.2, 0.25) is 0 Å². The van der Waals surface area contributed by atoms with Crippen LogP contribution >= 0.6 is 0 Å². The molecule has 0 saturated carbocycles. The molecular formula is C30H29N3O2. The Morgan fingerprint density at radius 2 is 1.54 bits per heavy atom. The average Bonchev–Trinajstić information content (AvgIpc) is 3.27. The number of nitrogens with one attached hydrogen (secondary N) is 3. The van der Waals surface area contributed by atoms with Gasteiger partial charge in [0.1, 0.15) is 0 Å². The molecule has 1 aromatic heterocycles. The highest BCUT2D eigenvalue weighted by Crippen LogP contribution is 2.45. The first-order valence-corrected chi connectivity index (χ1v) is 11.7. The Hall–Kier alpha value is -4.25. The smallest absolute Gasteiger partial charge is 0.425 e. The normalized spacial score (nSPS) is 11.5. The molecule has 0 aliphatic rings. The van der Waals surface area contributed by atoms with Gasteiger partial charge >= 0.3 is 6.09 Å². The SMILES string of the molecule is COC(=O)NNc1ccc2cc(-c3ccccc3)ccc2c1-c1c(C(C)(C)C)[nH]c2ccccc12. The van der Waals surface area contributed by atoms with Gasteiger partial charge in [-0.3, -0.25) is 5.43 Å². The van der Waals surface area contributed by atoms with Gasteiger partial charge < -0.3 is 9.72 Å². The van der Waals surface area contributed by atoms with Crippen molar-refractivity contribution in [2.24, 2.45) is 0 Å². The van der Waals surface area contributed by atoms with Crippen molar-refractivity contribution in [1.29, 1.82) is 0 Å². The number of para-hydroxylation sites is 1. The summed E-state index contributed by atoms with van der Waals surface area (Å²) in [5.41, 5.74) is 13.1. The number of methoxy groups -OCH3 is 1. The lowest BCUT2D eigenvalue weighted by molar-refractivity contribution is 0.173. The molecule has 0 fully saturated rings. The fourth-order valence-corrected chi connectivity index (χ4v) is 4.65. The monoisotopic (exact) mass is 463 g/mol. The predicted molar refractivity (Wildman–Crippen MR) is 145 cm³/mol. The molecule has 5 heteroatoms. The minimum atomic E-state index is -0.551. The van der Waals surface area contributed by atoms with Crippen molar-refractivity contribution in [3.8, 4) is 22.3 Å². The highest BCUT2D eigenvalue weighted by Gasteiger charge is 2.26. The molecule has 0 aliphatic heterocycles. The maximum atomic E-state index is 11.9. The Bertz CT molecular complexity index is 1530. The molecule has 0 saturated heterocycles. The minimum absolute atomic E-state index is 0.131. The van der Waals surface area contributed by atoms with E-state index >= 15 is 0 Å². The summed E-state index contributed by atoms with van der Waals surface area (Å²) in [6.45, 7) is 6.62. The summed E-state index contributed by atoms with van der Waals surface area (Å²) >= 11 is 0. The Balaban J connectivity index is 1.80. The van der Waals surface area contributed by atoms with Gasteiger partial charge in [-0.25, -0.2) is 10.2 Å². The lowest BCUT2D eigenvalue weighted by Crippen LogP contribution is -2.29. The van der Waals surface area contributed by atoms with Crippen LogP contribution in [0.1, 0.15) is 26.5 Å². The van der Waals surface area contributed by atoms with Crippen LogP contribution in [0.3, 0.4) is 0 Å². The highest BCUT2D eigenvalue weighted by atomic mass is 16.5. The first-order chi connectivity index (χ1) is 16.9. The topological polar surface area (TPSA) is 66.2 Å². The largest absolute Gasteiger partial charge is 0.452 e. The van der Waals surface area contributed by atoms with E-state index in [0.717, 1.165) is 49.7 Å². The standard InChI is InChI=1S/C30H29N3O2/c1-30(2,3)28-27(23-12-8-9-13-24(23)31-28)26-22-16-14-20(19-10-6-5-7-11-19)18-21(22)15-17-25(26)32-33-29(34)35-4/h5-18,31-32H,1-4H3,(H,33,34). The predicted octanol–water partition coefficient (Wildman–Crippen LogP) is 7.64.